The maximum absolute atomic E-state index is 13.3. The third kappa shape index (κ3) is 3.38. The first-order valence-corrected chi connectivity index (χ1v) is 7.18. The number of carbonyl (C=O) groups is 1. The van der Waals surface area contributed by atoms with E-state index >= 15 is 0 Å². The van der Waals surface area contributed by atoms with Gasteiger partial charge in [-0.3, -0.25) is 9.59 Å². The summed E-state index contributed by atoms with van der Waals surface area (Å²) in [6.45, 7) is 0.738. The number of hydrogen-bond donors (Lipinski definition) is 1. The number of ketones is 1. The van der Waals surface area contributed by atoms with E-state index in [1.807, 2.05) is 0 Å². The molecule has 3 rings (SSSR count). The van der Waals surface area contributed by atoms with Gasteiger partial charge in [0.1, 0.15) is 17.5 Å². The van der Waals surface area contributed by atoms with Crippen LogP contribution in [0.1, 0.15) is 0 Å². The Hall–Kier alpha value is -2.32. The highest BCUT2D eigenvalue weighted by atomic mass is 35.5. The second-order valence-electron chi connectivity index (χ2n) is 4.93. The molecule has 7 nitrogen and oxygen atoms in total. The van der Waals surface area contributed by atoms with E-state index in [1.165, 1.54) is 12.3 Å². The van der Waals surface area contributed by atoms with Crippen LogP contribution in [-0.4, -0.2) is 47.0 Å². The number of halogens is 2. The van der Waals surface area contributed by atoms with Crippen LogP contribution < -0.4 is 10.5 Å². The normalized spacial score (nSPS) is 15.6. The summed E-state index contributed by atoms with van der Waals surface area (Å²) < 4.78 is 18.4. The number of carbonyl (C=O) groups excluding carboxylic acids is 1. The fraction of sp³-hybridized carbons (Fsp3) is 0.286. The molecule has 2 aromatic heterocycles. The van der Waals surface area contributed by atoms with Crippen molar-refractivity contribution in [1.82, 2.24) is 15.0 Å². The van der Waals surface area contributed by atoms with Crippen molar-refractivity contribution in [2.24, 2.45) is 0 Å². The zero-order chi connectivity index (χ0) is 16.4. The largest absolute Gasteiger partial charge is 0.372 e. The molecule has 1 saturated heterocycles. The molecule has 0 bridgehead atoms. The van der Waals surface area contributed by atoms with Crippen LogP contribution in [0.2, 0.25) is 5.02 Å². The zero-order valence-electron chi connectivity index (χ0n) is 11.9. The number of Topliss-reactive ketones (excluding diaryl/α,β-unsaturated/α-hetero) is 1. The number of aromatic amines is 1. The SMILES string of the molecule is O=C1COCCN(c2nc(-c3ccnc(F)c3)[nH]c(=O)c2Cl)C1. The van der Waals surface area contributed by atoms with Crippen LogP contribution in [0.4, 0.5) is 10.2 Å². The summed E-state index contributed by atoms with van der Waals surface area (Å²) in [4.78, 5) is 35.5. The third-order valence-electron chi connectivity index (χ3n) is 3.28. The van der Waals surface area contributed by atoms with Gasteiger partial charge in [0.25, 0.3) is 5.56 Å². The van der Waals surface area contributed by atoms with Gasteiger partial charge in [-0.1, -0.05) is 11.6 Å². The van der Waals surface area contributed by atoms with Crippen molar-refractivity contribution in [3.8, 4) is 11.4 Å². The lowest BCUT2D eigenvalue weighted by atomic mass is 10.2. The van der Waals surface area contributed by atoms with Crippen LogP contribution in [0.15, 0.2) is 23.1 Å². The number of rotatable bonds is 2. The van der Waals surface area contributed by atoms with Crippen LogP contribution in [0.25, 0.3) is 11.4 Å². The first-order valence-electron chi connectivity index (χ1n) is 6.81. The first-order chi connectivity index (χ1) is 11.0. The lowest BCUT2D eigenvalue weighted by molar-refractivity contribution is -0.121. The van der Waals surface area contributed by atoms with Gasteiger partial charge in [0.15, 0.2) is 11.6 Å². The van der Waals surface area contributed by atoms with Crippen molar-refractivity contribution in [2.75, 3.05) is 31.2 Å². The van der Waals surface area contributed by atoms with Gasteiger partial charge in [0, 0.05) is 24.4 Å². The number of nitrogens with zero attached hydrogens (tertiary/aromatic N) is 3. The van der Waals surface area contributed by atoms with E-state index in [9.17, 15) is 14.0 Å². The summed E-state index contributed by atoms with van der Waals surface area (Å²) in [5, 5.41) is -0.127. The van der Waals surface area contributed by atoms with E-state index in [2.05, 4.69) is 15.0 Å². The molecule has 0 aliphatic carbocycles. The topological polar surface area (TPSA) is 88.2 Å². The highest BCUT2D eigenvalue weighted by Gasteiger charge is 2.22. The van der Waals surface area contributed by atoms with Crippen LogP contribution in [-0.2, 0) is 9.53 Å². The molecular weight excluding hydrogens is 327 g/mol. The second-order valence-corrected chi connectivity index (χ2v) is 5.31. The molecule has 1 aliphatic heterocycles. The van der Waals surface area contributed by atoms with Gasteiger partial charge in [-0.25, -0.2) is 9.97 Å². The summed E-state index contributed by atoms with van der Waals surface area (Å²) >= 11 is 6.03. The van der Waals surface area contributed by atoms with Crippen molar-refractivity contribution < 1.29 is 13.9 Å². The third-order valence-corrected chi connectivity index (χ3v) is 3.62. The number of ether oxygens (including phenoxy) is 1. The summed E-state index contributed by atoms with van der Waals surface area (Å²) in [5.41, 5.74) is -0.216. The predicted molar refractivity (Wildman–Crippen MR) is 81.1 cm³/mol. The summed E-state index contributed by atoms with van der Waals surface area (Å²) in [7, 11) is 0. The second kappa shape index (κ2) is 6.43. The highest BCUT2D eigenvalue weighted by Crippen LogP contribution is 2.23. The standard InChI is InChI=1S/C14H12ClFN4O3/c15-11-13(20-3-4-23-7-9(21)6-20)18-12(19-14(11)22)8-1-2-17-10(16)5-8/h1-2,5H,3-4,6-7H2,(H,18,19,22). The molecule has 120 valence electrons. The Bertz CT molecular complexity index is 811. The number of pyridine rings is 1. The Morgan fingerprint density at radius 2 is 2.22 bits per heavy atom. The van der Waals surface area contributed by atoms with Gasteiger partial charge in [0.2, 0.25) is 5.95 Å². The smallest absolute Gasteiger partial charge is 0.272 e. The molecule has 1 N–H and O–H groups in total. The fourth-order valence-corrected chi connectivity index (χ4v) is 2.43. The zero-order valence-corrected chi connectivity index (χ0v) is 12.6. The van der Waals surface area contributed by atoms with Gasteiger partial charge >= 0.3 is 0 Å². The molecule has 0 unspecified atom stereocenters. The minimum absolute atomic E-state index is 0.0136. The summed E-state index contributed by atoms with van der Waals surface area (Å²) in [5.74, 6) is -0.521. The molecule has 0 saturated carbocycles. The van der Waals surface area contributed by atoms with E-state index in [0.29, 0.717) is 18.7 Å². The van der Waals surface area contributed by atoms with Gasteiger partial charge in [-0.15, -0.1) is 0 Å². The molecule has 9 heteroatoms. The van der Waals surface area contributed by atoms with Crippen molar-refractivity contribution in [3.63, 3.8) is 0 Å². The molecule has 3 heterocycles. The van der Waals surface area contributed by atoms with E-state index in [0.717, 1.165) is 6.07 Å². The molecule has 1 aliphatic rings. The van der Waals surface area contributed by atoms with Gasteiger partial charge in [-0.2, -0.15) is 4.39 Å². The molecule has 0 atom stereocenters. The number of aromatic nitrogens is 3. The highest BCUT2D eigenvalue weighted by molar-refractivity contribution is 6.32. The quantitative estimate of drug-likeness (QED) is 0.823. The number of H-pyrrole nitrogens is 1. The monoisotopic (exact) mass is 338 g/mol. The minimum atomic E-state index is -0.694. The Labute approximate surface area is 135 Å². The van der Waals surface area contributed by atoms with E-state index < -0.39 is 11.5 Å². The average molecular weight is 339 g/mol. The van der Waals surface area contributed by atoms with Crippen molar-refractivity contribution in [3.05, 3.63) is 39.7 Å². The maximum Gasteiger partial charge on any atom is 0.272 e. The molecule has 1 fully saturated rings. The molecule has 0 radical (unpaired) electrons. The van der Waals surface area contributed by atoms with Crippen molar-refractivity contribution >= 4 is 23.2 Å². The van der Waals surface area contributed by atoms with Crippen LogP contribution in [0.5, 0.6) is 0 Å². The van der Waals surface area contributed by atoms with Gasteiger partial charge < -0.3 is 14.6 Å². The van der Waals surface area contributed by atoms with E-state index in [1.54, 1.807) is 4.90 Å². The van der Waals surface area contributed by atoms with Crippen molar-refractivity contribution in [1.29, 1.82) is 0 Å². The van der Waals surface area contributed by atoms with Gasteiger partial charge in [-0.05, 0) is 6.07 Å². The predicted octanol–water partition coefficient (Wildman–Crippen LogP) is 1.03. The molecule has 0 spiro atoms. The lowest BCUT2D eigenvalue weighted by Gasteiger charge is -2.21. The minimum Gasteiger partial charge on any atom is -0.372 e. The van der Waals surface area contributed by atoms with Crippen LogP contribution >= 0.6 is 11.6 Å². The first kappa shape index (κ1) is 15.6. The van der Waals surface area contributed by atoms with E-state index in [-0.39, 0.29) is 35.6 Å². The molecule has 23 heavy (non-hydrogen) atoms. The lowest BCUT2D eigenvalue weighted by Crippen LogP contribution is -2.32. The molecule has 0 amide bonds. The molecule has 2 aromatic rings. The number of anilines is 1. The molecule has 0 aromatic carbocycles. The van der Waals surface area contributed by atoms with Crippen LogP contribution in [0, 0.1) is 5.95 Å². The maximum atomic E-state index is 13.3. The average Bonchev–Trinajstić information content (AvgIpc) is 2.74. The number of nitrogens with one attached hydrogen (secondary N) is 1. The Morgan fingerprint density at radius 1 is 1.39 bits per heavy atom. The summed E-state index contributed by atoms with van der Waals surface area (Å²) in [6, 6.07) is 2.66. The summed E-state index contributed by atoms with van der Waals surface area (Å²) in [6.07, 6.45) is 1.27. The molecular formula is C14H12ClFN4O3. The van der Waals surface area contributed by atoms with Crippen LogP contribution in [0.3, 0.4) is 0 Å². The Balaban J connectivity index is 2.06. The Kier molecular flexibility index (Phi) is 4.35. The number of hydrogen-bond acceptors (Lipinski definition) is 6. The van der Waals surface area contributed by atoms with Crippen molar-refractivity contribution in [2.45, 2.75) is 0 Å². The van der Waals surface area contributed by atoms with Gasteiger partial charge in [0.05, 0.1) is 13.2 Å². The Morgan fingerprint density at radius 3 is 3.00 bits per heavy atom. The fourth-order valence-electron chi connectivity index (χ4n) is 2.22. The van der Waals surface area contributed by atoms with E-state index in [4.69, 9.17) is 16.3 Å².